The average Bonchev–Trinajstić information content (AvgIpc) is 2.00. The lowest BCUT2D eigenvalue weighted by atomic mass is 9.93. The highest BCUT2D eigenvalue weighted by molar-refractivity contribution is 4.82. The van der Waals surface area contributed by atoms with Crippen LogP contribution in [0.5, 0.6) is 0 Å². The molecule has 2 rings (SSSR count). The predicted molar refractivity (Wildman–Crippen MR) is 44.9 cm³/mol. The fourth-order valence-corrected chi connectivity index (χ4v) is 1.88. The van der Waals surface area contributed by atoms with Crippen molar-refractivity contribution in [2.24, 2.45) is 0 Å². The summed E-state index contributed by atoms with van der Waals surface area (Å²) in [7, 11) is 0. The van der Waals surface area contributed by atoms with Crippen molar-refractivity contribution in [3.63, 3.8) is 0 Å². The fourth-order valence-electron chi connectivity index (χ4n) is 1.88. The van der Waals surface area contributed by atoms with Gasteiger partial charge in [0.05, 0.1) is 19.3 Å². The van der Waals surface area contributed by atoms with Gasteiger partial charge in [-0.05, 0) is 25.7 Å². The summed E-state index contributed by atoms with van der Waals surface area (Å²) in [5, 5.41) is 3.48. The third-order valence-electron chi connectivity index (χ3n) is 2.77. The molecule has 2 fully saturated rings. The molecule has 1 aliphatic carbocycles. The van der Waals surface area contributed by atoms with E-state index >= 15 is 0 Å². The number of alkyl halides is 1. The van der Waals surface area contributed by atoms with Crippen molar-refractivity contribution < 1.29 is 9.13 Å². The first-order valence-corrected chi connectivity index (χ1v) is 4.82. The van der Waals surface area contributed by atoms with Gasteiger partial charge in [0.1, 0.15) is 6.17 Å². The van der Waals surface area contributed by atoms with Gasteiger partial charge in [0.15, 0.2) is 0 Å². The van der Waals surface area contributed by atoms with Gasteiger partial charge in [0.25, 0.3) is 0 Å². The molecule has 1 saturated heterocycles. The zero-order chi connectivity index (χ0) is 8.39. The van der Waals surface area contributed by atoms with E-state index < -0.39 is 6.17 Å². The first-order chi connectivity index (χ1) is 5.84. The highest BCUT2D eigenvalue weighted by Crippen LogP contribution is 2.21. The summed E-state index contributed by atoms with van der Waals surface area (Å²) in [6.07, 6.45) is 2.94. The van der Waals surface area contributed by atoms with Crippen LogP contribution in [0.2, 0.25) is 0 Å². The Hall–Kier alpha value is -0.150. The maximum absolute atomic E-state index is 12.7. The number of ether oxygens (including phenoxy) is 1. The van der Waals surface area contributed by atoms with Gasteiger partial charge in [0, 0.05) is 6.04 Å². The monoisotopic (exact) mass is 173 g/mol. The summed E-state index contributed by atoms with van der Waals surface area (Å²) in [6, 6.07) is 1.09. The molecule has 0 amide bonds. The second-order valence-electron chi connectivity index (χ2n) is 3.85. The van der Waals surface area contributed by atoms with Gasteiger partial charge in [-0.2, -0.15) is 0 Å². The molecular formula is C9H16FNO. The van der Waals surface area contributed by atoms with Gasteiger partial charge in [-0.25, -0.2) is 4.39 Å². The minimum absolute atomic E-state index is 0.541. The smallest absolute Gasteiger partial charge is 0.100 e. The van der Waals surface area contributed by atoms with Crippen LogP contribution in [0.4, 0.5) is 4.39 Å². The number of halogens is 1. The van der Waals surface area contributed by atoms with Crippen molar-refractivity contribution in [3.05, 3.63) is 0 Å². The van der Waals surface area contributed by atoms with Gasteiger partial charge in [-0.3, -0.25) is 0 Å². The van der Waals surface area contributed by atoms with Crippen molar-refractivity contribution in [1.29, 1.82) is 0 Å². The molecule has 12 heavy (non-hydrogen) atoms. The van der Waals surface area contributed by atoms with E-state index in [1.54, 1.807) is 0 Å². The van der Waals surface area contributed by atoms with Gasteiger partial charge in [-0.15, -0.1) is 0 Å². The largest absolute Gasteiger partial charge is 0.378 e. The first kappa shape index (κ1) is 8.45. The van der Waals surface area contributed by atoms with E-state index in [2.05, 4.69) is 5.32 Å². The second kappa shape index (κ2) is 3.71. The Balaban J connectivity index is 1.67. The van der Waals surface area contributed by atoms with E-state index in [1.807, 2.05) is 0 Å². The van der Waals surface area contributed by atoms with Crippen LogP contribution in [0.1, 0.15) is 25.7 Å². The Morgan fingerprint density at radius 2 is 1.67 bits per heavy atom. The molecule has 2 aliphatic rings. The zero-order valence-corrected chi connectivity index (χ0v) is 7.26. The third kappa shape index (κ3) is 1.96. The Kier molecular flexibility index (Phi) is 2.61. The molecule has 0 spiro atoms. The molecule has 0 unspecified atom stereocenters. The Labute approximate surface area is 72.5 Å². The van der Waals surface area contributed by atoms with Crippen molar-refractivity contribution in [2.45, 2.75) is 43.9 Å². The van der Waals surface area contributed by atoms with Crippen LogP contribution in [0, 0.1) is 0 Å². The molecule has 1 saturated carbocycles. The second-order valence-corrected chi connectivity index (χ2v) is 3.85. The Bertz CT molecular complexity index is 141. The molecular weight excluding hydrogens is 157 g/mol. The minimum Gasteiger partial charge on any atom is -0.378 e. The lowest BCUT2D eigenvalue weighted by Crippen LogP contribution is -2.51. The van der Waals surface area contributed by atoms with Crippen LogP contribution in [0.3, 0.4) is 0 Å². The lowest BCUT2D eigenvalue weighted by molar-refractivity contribution is -0.0130. The third-order valence-corrected chi connectivity index (χ3v) is 2.77. The van der Waals surface area contributed by atoms with E-state index in [0.29, 0.717) is 12.1 Å². The van der Waals surface area contributed by atoms with E-state index in [-0.39, 0.29) is 0 Å². The van der Waals surface area contributed by atoms with Gasteiger partial charge in [-0.1, -0.05) is 0 Å². The Morgan fingerprint density at radius 3 is 2.17 bits per heavy atom. The van der Waals surface area contributed by atoms with E-state index in [0.717, 1.165) is 38.9 Å². The van der Waals surface area contributed by atoms with Crippen LogP contribution < -0.4 is 5.32 Å². The lowest BCUT2D eigenvalue weighted by Gasteiger charge is -2.33. The highest BCUT2D eigenvalue weighted by Gasteiger charge is 2.25. The summed E-state index contributed by atoms with van der Waals surface area (Å²) in [6.45, 7) is 1.69. The van der Waals surface area contributed by atoms with Crippen LogP contribution >= 0.6 is 0 Å². The summed E-state index contributed by atoms with van der Waals surface area (Å²) >= 11 is 0. The average molecular weight is 173 g/mol. The number of nitrogens with one attached hydrogen (secondary N) is 1. The van der Waals surface area contributed by atoms with Crippen LogP contribution in [-0.4, -0.2) is 31.5 Å². The van der Waals surface area contributed by atoms with E-state index in [9.17, 15) is 4.39 Å². The van der Waals surface area contributed by atoms with Crippen molar-refractivity contribution in [3.8, 4) is 0 Å². The molecule has 0 aromatic heterocycles. The van der Waals surface area contributed by atoms with Crippen molar-refractivity contribution in [1.82, 2.24) is 5.32 Å². The zero-order valence-electron chi connectivity index (χ0n) is 7.26. The SMILES string of the molecule is FC1CCC(NC2COC2)CC1. The van der Waals surface area contributed by atoms with Crippen molar-refractivity contribution >= 4 is 0 Å². The summed E-state index contributed by atoms with van der Waals surface area (Å²) in [5.74, 6) is 0. The van der Waals surface area contributed by atoms with E-state index in [1.165, 1.54) is 0 Å². The maximum atomic E-state index is 12.7. The fraction of sp³-hybridized carbons (Fsp3) is 1.00. The summed E-state index contributed by atoms with van der Waals surface area (Å²) in [4.78, 5) is 0. The first-order valence-electron chi connectivity index (χ1n) is 4.82. The molecule has 0 aromatic rings. The molecule has 0 bridgehead atoms. The van der Waals surface area contributed by atoms with Crippen LogP contribution in [-0.2, 0) is 4.74 Å². The standard InChI is InChI=1S/C9H16FNO/c10-7-1-3-8(4-2-7)11-9-5-12-6-9/h7-9,11H,1-6H2. The number of hydrogen-bond donors (Lipinski definition) is 1. The molecule has 70 valence electrons. The molecule has 1 N–H and O–H groups in total. The van der Waals surface area contributed by atoms with Gasteiger partial charge >= 0.3 is 0 Å². The molecule has 0 atom stereocenters. The summed E-state index contributed by atoms with van der Waals surface area (Å²) < 4.78 is 17.8. The topological polar surface area (TPSA) is 21.3 Å². The predicted octanol–water partition coefficient (Wildman–Crippen LogP) is 1.26. The number of rotatable bonds is 2. The van der Waals surface area contributed by atoms with Gasteiger partial charge in [0.2, 0.25) is 0 Å². The maximum Gasteiger partial charge on any atom is 0.100 e. The Morgan fingerprint density at radius 1 is 1.00 bits per heavy atom. The number of hydrogen-bond acceptors (Lipinski definition) is 2. The molecule has 2 nitrogen and oxygen atoms in total. The van der Waals surface area contributed by atoms with Gasteiger partial charge < -0.3 is 10.1 Å². The normalized spacial score (nSPS) is 37.8. The molecule has 1 heterocycles. The van der Waals surface area contributed by atoms with Crippen LogP contribution in [0.25, 0.3) is 0 Å². The molecule has 1 aliphatic heterocycles. The van der Waals surface area contributed by atoms with Crippen LogP contribution in [0.15, 0.2) is 0 Å². The summed E-state index contributed by atoms with van der Waals surface area (Å²) in [5.41, 5.74) is 0. The quantitative estimate of drug-likeness (QED) is 0.678. The molecule has 0 aromatic carbocycles. The molecule has 3 heteroatoms. The highest BCUT2D eigenvalue weighted by atomic mass is 19.1. The van der Waals surface area contributed by atoms with Crippen molar-refractivity contribution in [2.75, 3.05) is 13.2 Å². The minimum atomic E-state index is -0.541. The van der Waals surface area contributed by atoms with E-state index in [4.69, 9.17) is 4.74 Å². The molecule has 0 radical (unpaired) electrons.